The van der Waals surface area contributed by atoms with E-state index in [9.17, 15) is 30.0 Å². The lowest BCUT2D eigenvalue weighted by atomic mass is 9.85. The Balaban J connectivity index is 2.12. The molecule has 1 fully saturated rings. The van der Waals surface area contributed by atoms with Gasteiger partial charge in [0, 0.05) is 11.8 Å². The van der Waals surface area contributed by atoms with E-state index in [1.807, 2.05) is 0 Å². The fraction of sp³-hybridized carbons (Fsp3) is 0.609. The number of thiazole rings is 1. The van der Waals surface area contributed by atoms with E-state index in [0.29, 0.717) is 27.9 Å². The van der Waals surface area contributed by atoms with E-state index < -0.39 is 42.0 Å². The molecule has 12 heteroatoms. The first-order chi connectivity index (χ1) is 15.9. The van der Waals surface area contributed by atoms with Gasteiger partial charge < -0.3 is 0 Å². The van der Waals surface area contributed by atoms with Crippen molar-refractivity contribution in [2.24, 2.45) is 5.92 Å². The van der Waals surface area contributed by atoms with Gasteiger partial charge in [0.2, 0.25) is 10.0 Å². The smallest absolute Gasteiger partial charge is 0.245 e. The zero-order chi connectivity index (χ0) is 26.2. The van der Waals surface area contributed by atoms with E-state index in [1.165, 1.54) is 6.07 Å². The lowest BCUT2D eigenvalue weighted by molar-refractivity contribution is -0.139. The second kappa shape index (κ2) is 10.1. The van der Waals surface area contributed by atoms with Crippen molar-refractivity contribution >= 4 is 31.2 Å². The van der Waals surface area contributed by atoms with Gasteiger partial charge in [-0.1, -0.05) is 38.2 Å². The first-order valence-corrected chi connectivity index (χ1v) is 15.7. The summed E-state index contributed by atoms with van der Waals surface area (Å²) in [6.45, 7) is 4.64. The molecule has 0 bridgehead atoms. The third-order valence-corrected chi connectivity index (χ3v) is 9.55. The molecule has 196 valence electrons. The Labute approximate surface area is 209 Å². The number of halogens is 3. The summed E-state index contributed by atoms with van der Waals surface area (Å²) >= 11 is 1.05. The van der Waals surface area contributed by atoms with Crippen LogP contribution in [0.5, 0.6) is 0 Å². The van der Waals surface area contributed by atoms with Gasteiger partial charge in [-0.3, -0.25) is 0 Å². The highest BCUT2D eigenvalue weighted by Gasteiger charge is 2.39. The normalized spacial score (nSPS) is 16.5. The molecule has 0 amide bonds. The molecular formula is C23H31F3N2O4S3. The minimum Gasteiger partial charge on any atom is -0.245 e. The van der Waals surface area contributed by atoms with E-state index in [1.54, 1.807) is 20.8 Å². The highest BCUT2D eigenvalue weighted by atomic mass is 32.2. The molecule has 35 heavy (non-hydrogen) atoms. The van der Waals surface area contributed by atoms with Crippen LogP contribution in [-0.2, 0) is 38.2 Å². The molecule has 0 unspecified atom stereocenters. The Morgan fingerprint density at radius 1 is 1.06 bits per heavy atom. The Morgan fingerprint density at radius 2 is 1.69 bits per heavy atom. The van der Waals surface area contributed by atoms with Crippen LogP contribution >= 0.6 is 11.3 Å². The van der Waals surface area contributed by atoms with Gasteiger partial charge in [-0.2, -0.15) is 13.2 Å². The predicted octanol–water partition coefficient (Wildman–Crippen LogP) is 5.57. The summed E-state index contributed by atoms with van der Waals surface area (Å²) in [6.07, 6.45) is 1.98. The van der Waals surface area contributed by atoms with Crippen LogP contribution in [0.2, 0.25) is 0 Å². The van der Waals surface area contributed by atoms with Gasteiger partial charge in [-0.25, -0.2) is 26.5 Å². The third-order valence-electron chi connectivity index (χ3n) is 5.61. The van der Waals surface area contributed by atoms with Gasteiger partial charge in [0.05, 0.1) is 21.0 Å². The quantitative estimate of drug-likeness (QED) is 0.485. The lowest BCUT2D eigenvalue weighted by Gasteiger charge is -2.23. The lowest BCUT2D eigenvalue weighted by Crippen LogP contribution is -2.41. The minimum atomic E-state index is -4.91. The van der Waals surface area contributed by atoms with Gasteiger partial charge in [0.1, 0.15) is 10.8 Å². The van der Waals surface area contributed by atoms with Gasteiger partial charge in [0.15, 0.2) is 9.84 Å². The molecule has 1 saturated carbocycles. The fourth-order valence-electron chi connectivity index (χ4n) is 4.30. The molecular weight excluding hydrogens is 521 g/mol. The molecule has 0 radical (unpaired) electrons. The summed E-state index contributed by atoms with van der Waals surface area (Å²) in [5.41, 5.74) is -1.49. The number of rotatable bonds is 7. The topological polar surface area (TPSA) is 93.2 Å². The van der Waals surface area contributed by atoms with Crippen molar-refractivity contribution in [1.82, 2.24) is 9.71 Å². The number of hydrogen-bond acceptors (Lipinski definition) is 6. The summed E-state index contributed by atoms with van der Waals surface area (Å²) in [5, 5.41) is 0.313. The van der Waals surface area contributed by atoms with Gasteiger partial charge in [-0.05, 0) is 50.8 Å². The summed E-state index contributed by atoms with van der Waals surface area (Å²) in [7, 11) is -7.83. The summed E-state index contributed by atoms with van der Waals surface area (Å²) < 4.78 is 93.6. The first kappa shape index (κ1) is 28.1. The van der Waals surface area contributed by atoms with Crippen molar-refractivity contribution in [3.05, 3.63) is 34.5 Å². The van der Waals surface area contributed by atoms with E-state index in [2.05, 4.69) is 9.71 Å². The maximum atomic E-state index is 14.0. The number of hydrogen-bond donors (Lipinski definition) is 1. The second-order valence-electron chi connectivity index (χ2n) is 10.2. The van der Waals surface area contributed by atoms with Crippen molar-refractivity contribution in [1.29, 1.82) is 0 Å². The summed E-state index contributed by atoms with van der Waals surface area (Å²) in [4.78, 5) is 4.11. The zero-order valence-corrected chi connectivity index (χ0v) is 22.6. The Morgan fingerprint density at radius 3 is 2.23 bits per heavy atom. The van der Waals surface area contributed by atoms with E-state index >= 15 is 0 Å². The highest BCUT2D eigenvalue weighted by Crippen LogP contribution is 2.41. The third kappa shape index (κ3) is 7.74. The van der Waals surface area contributed by atoms with Crippen LogP contribution in [0.15, 0.2) is 23.1 Å². The van der Waals surface area contributed by atoms with Crippen LogP contribution in [-0.4, -0.2) is 33.6 Å². The number of alkyl halides is 3. The number of sulfone groups is 1. The maximum Gasteiger partial charge on any atom is 0.417 e. The molecule has 1 heterocycles. The molecule has 1 aromatic heterocycles. The minimum absolute atomic E-state index is 0.176. The number of nitrogens with one attached hydrogen (secondary N) is 1. The van der Waals surface area contributed by atoms with Crippen molar-refractivity contribution in [3.8, 4) is 10.4 Å². The molecule has 1 aromatic carbocycles. The molecule has 0 spiro atoms. The van der Waals surface area contributed by atoms with E-state index in [0.717, 1.165) is 61.8 Å². The Bertz CT molecular complexity index is 1270. The molecule has 2 aromatic rings. The molecule has 3 rings (SSSR count). The molecule has 1 aliphatic rings. The Kier molecular flexibility index (Phi) is 8.10. The van der Waals surface area contributed by atoms with E-state index in [-0.39, 0.29) is 11.3 Å². The monoisotopic (exact) mass is 552 g/mol. The van der Waals surface area contributed by atoms with Crippen molar-refractivity contribution in [3.63, 3.8) is 0 Å². The molecule has 6 nitrogen and oxygen atoms in total. The van der Waals surface area contributed by atoms with Crippen LogP contribution in [0.4, 0.5) is 13.2 Å². The molecule has 0 saturated heterocycles. The molecule has 0 atom stereocenters. The van der Waals surface area contributed by atoms with Crippen LogP contribution in [0.25, 0.3) is 10.4 Å². The maximum absolute atomic E-state index is 14.0. The largest absolute Gasteiger partial charge is 0.417 e. The molecule has 1 N–H and O–H groups in total. The SMILES string of the molecule is CC(C)(C)NS(=O)(=O)c1ccc(-c2sc(CS(C)(=O)=O)nc2CC2CCCCC2)cc1C(F)(F)F. The number of benzene rings is 1. The predicted molar refractivity (Wildman–Crippen MR) is 131 cm³/mol. The van der Waals surface area contributed by atoms with Gasteiger partial charge in [0.25, 0.3) is 0 Å². The van der Waals surface area contributed by atoms with Crippen LogP contribution in [0.1, 0.15) is 69.1 Å². The standard InChI is InChI=1S/C23H31F3N2O4S3/c1-22(2,3)28-35(31,32)19-11-10-16(13-17(19)23(24,25)26)21-18(12-15-8-6-5-7-9-15)27-20(33-21)14-34(4,29)30/h10-11,13,15,28H,5-9,12,14H2,1-4H3. The Hall–Kier alpha value is -1.50. The van der Waals surface area contributed by atoms with Crippen molar-refractivity contribution in [2.75, 3.05) is 6.26 Å². The zero-order valence-electron chi connectivity index (χ0n) is 20.2. The van der Waals surface area contributed by atoms with Crippen LogP contribution in [0, 0.1) is 5.92 Å². The van der Waals surface area contributed by atoms with Crippen LogP contribution < -0.4 is 4.72 Å². The van der Waals surface area contributed by atoms with E-state index in [4.69, 9.17) is 0 Å². The van der Waals surface area contributed by atoms with Gasteiger partial charge in [-0.15, -0.1) is 11.3 Å². The first-order valence-electron chi connectivity index (χ1n) is 11.4. The van der Waals surface area contributed by atoms with Crippen molar-refractivity contribution in [2.45, 2.75) is 81.7 Å². The van der Waals surface area contributed by atoms with Crippen molar-refractivity contribution < 1.29 is 30.0 Å². The number of nitrogens with zero attached hydrogens (tertiary/aromatic N) is 1. The number of aromatic nitrogens is 1. The second-order valence-corrected chi connectivity index (χ2v) is 15.1. The number of sulfonamides is 1. The highest BCUT2D eigenvalue weighted by molar-refractivity contribution is 7.90. The molecule has 0 aliphatic heterocycles. The van der Waals surface area contributed by atoms with Crippen LogP contribution in [0.3, 0.4) is 0 Å². The summed E-state index contributed by atoms with van der Waals surface area (Å²) in [6, 6.07) is 3.14. The molecule has 1 aliphatic carbocycles. The fourth-order valence-corrected chi connectivity index (χ4v) is 8.20. The average molecular weight is 553 g/mol. The summed E-state index contributed by atoms with van der Waals surface area (Å²) in [5.74, 6) is 0.0251. The average Bonchev–Trinajstić information content (AvgIpc) is 3.06. The van der Waals surface area contributed by atoms with Gasteiger partial charge >= 0.3 is 6.18 Å².